The van der Waals surface area contributed by atoms with Crippen molar-refractivity contribution in [3.63, 3.8) is 0 Å². The minimum atomic E-state index is -3.85. The Morgan fingerprint density at radius 2 is 1.85 bits per heavy atom. The van der Waals surface area contributed by atoms with Gasteiger partial charge >= 0.3 is 0 Å². The molecule has 112 valence electrons. The lowest BCUT2D eigenvalue weighted by Crippen LogP contribution is -2.40. The Bertz CT molecular complexity index is 635. The van der Waals surface area contributed by atoms with E-state index in [1.54, 1.807) is 27.7 Å². The minimum Gasteiger partial charge on any atom is -0.318 e. The third kappa shape index (κ3) is 3.65. The predicted octanol–water partition coefficient (Wildman–Crippen LogP) is 1.27. The highest BCUT2D eigenvalue weighted by Crippen LogP contribution is 2.30. The zero-order chi connectivity index (χ0) is 15.7. The summed E-state index contributed by atoms with van der Waals surface area (Å²) in [5.41, 5.74) is 1.52. The molecule has 0 bridgehead atoms. The molecule has 0 atom stereocenters. The molecule has 0 unspecified atom stereocenters. The van der Waals surface area contributed by atoms with Crippen molar-refractivity contribution in [2.24, 2.45) is 5.84 Å². The Morgan fingerprint density at radius 1 is 1.30 bits per heavy atom. The minimum absolute atomic E-state index is 0.0576. The second kappa shape index (κ2) is 5.35. The van der Waals surface area contributed by atoms with Gasteiger partial charge in [-0.05, 0) is 39.3 Å². The molecule has 0 heterocycles. The van der Waals surface area contributed by atoms with Crippen molar-refractivity contribution in [3.8, 4) is 0 Å². The number of rotatable bonds is 4. The van der Waals surface area contributed by atoms with Gasteiger partial charge in [-0.3, -0.25) is 16.0 Å². The van der Waals surface area contributed by atoms with Crippen molar-refractivity contribution in [2.45, 2.75) is 38.1 Å². The van der Waals surface area contributed by atoms with Gasteiger partial charge < -0.3 is 5.43 Å². The zero-order valence-corrected chi connectivity index (χ0v) is 12.5. The zero-order valence-electron chi connectivity index (χ0n) is 11.7. The van der Waals surface area contributed by atoms with E-state index in [4.69, 9.17) is 5.84 Å². The number of nitro benzene ring substituents is 1. The maximum atomic E-state index is 12.3. The molecule has 0 aliphatic rings. The molecule has 1 aromatic rings. The van der Waals surface area contributed by atoms with Gasteiger partial charge in [-0.2, -0.15) is 0 Å². The van der Waals surface area contributed by atoms with Crippen molar-refractivity contribution < 1.29 is 13.3 Å². The van der Waals surface area contributed by atoms with Crippen LogP contribution in [-0.2, 0) is 10.0 Å². The van der Waals surface area contributed by atoms with Crippen LogP contribution in [0.25, 0.3) is 0 Å². The standard InChI is InChI=1S/C11H18N4O4S/c1-7-5-8(13-12)9(15(16)17)6-10(7)20(18,19)14-11(2,3)4/h5-6,13-14H,12H2,1-4H3. The number of benzene rings is 1. The first kappa shape index (κ1) is 16.3. The van der Waals surface area contributed by atoms with Gasteiger partial charge in [0.2, 0.25) is 10.0 Å². The summed E-state index contributed by atoms with van der Waals surface area (Å²) < 4.78 is 27.0. The summed E-state index contributed by atoms with van der Waals surface area (Å²) in [6.07, 6.45) is 0. The Labute approximate surface area is 117 Å². The van der Waals surface area contributed by atoms with Gasteiger partial charge in [0.25, 0.3) is 5.69 Å². The molecule has 0 radical (unpaired) electrons. The lowest BCUT2D eigenvalue weighted by molar-refractivity contribution is -0.384. The first-order chi connectivity index (χ1) is 8.98. The molecular formula is C11H18N4O4S. The molecule has 0 saturated carbocycles. The van der Waals surface area contributed by atoms with E-state index in [-0.39, 0.29) is 10.6 Å². The fourth-order valence-electron chi connectivity index (χ4n) is 1.69. The number of hydrogen-bond acceptors (Lipinski definition) is 6. The number of hydrazine groups is 1. The molecule has 0 saturated heterocycles. The van der Waals surface area contributed by atoms with E-state index in [1.165, 1.54) is 6.07 Å². The second-order valence-corrected chi connectivity index (χ2v) is 7.04. The third-order valence-corrected chi connectivity index (χ3v) is 4.28. The Kier molecular flexibility index (Phi) is 4.37. The van der Waals surface area contributed by atoms with Crippen LogP contribution < -0.4 is 16.0 Å². The molecule has 0 aliphatic heterocycles. The van der Waals surface area contributed by atoms with Gasteiger partial charge in [0, 0.05) is 11.6 Å². The van der Waals surface area contributed by atoms with Crippen LogP contribution in [0.5, 0.6) is 0 Å². The van der Waals surface area contributed by atoms with Gasteiger partial charge in [-0.15, -0.1) is 0 Å². The van der Waals surface area contributed by atoms with Crippen LogP contribution in [-0.4, -0.2) is 18.9 Å². The summed E-state index contributed by atoms with van der Waals surface area (Å²) >= 11 is 0. The molecule has 0 aliphatic carbocycles. The Balaban J connectivity index is 3.47. The number of anilines is 1. The lowest BCUT2D eigenvalue weighted by atomic mass is 10.1. The second-order valence-electron chi connectivity index (χ2n) is 5.39. The van der Waals surface area contributed by atoms with Crippen LogP contribution in [0.15, 0.2) is 17.0 Å². The first-order valence-corrected chi connectivity index (χ1v) is 7.26. The molecule has 0 spiro atoms. The van der Waals surface area contributed by atoms with E-state index in [1.807, 2.05) is 0 Å². The smallest absolute Gasteiger partial charge is 0.295 e. The molecule has 0 aromatic heterocycles. The van der Waals surface area contributed by atoms with E-state index >= 15 is 0 Å². The monoisotopic (exact) mass is 302 g/mol. The number of aryl methyl sites for hydroxylation is 1. The summed E-state index contributed by atoms with van der Waals surface area (Å²) in [6, 6.07) is 2.33. The number of sulfonamides is 1. The average molecular weight is 302 g/mol. The van der Waals surface area contributed by atoms with Gasteiger partial charge in [-0.1, -0.05) is 0 Å². The van der Waals surface area contributed by atoms with Crippen LogP contribution >= 0.6 is 0 Å². The molecule has 1 rings (SSSR count). The fourth-order valence-corrected chi connectivity index (χ4v) is 3.36. The van der Waals surface area contributed by atoms with Crippen LogP contribution in [0.2, 0.25) is 0 Å². The lowest BCUT2D eigenvalue weighted by Gasteiger charge is -2.21. The molecule has 9 heteroatoms. The quantitative estimate of drug-likeness (QED) is 0.436. The van der Waals surface area contributed by atoms with Crippen LogP contribution in [0.4, 0.5) is 11.4 Å². The van der Waals surface area contributed by atoms with E-state index in [9.17, 15) is 18.5 Å². The summed E-state index contributed by atoms with van der Waals surface area (Å²) in [5, 5.41) is 11.0. The van der Waals surface area contributed by atoms with E-state index in [0.717, 1.165) is 6.07 Å². The van der Waals surface area contributed by atoms with Crippen molar-refractivity contribution in [3.05, 3.63) is 27.8 Å². The van der Waals surface area contributed by atoms with Crippen LogP contribution in [0, 0.1) is 17.0 Å². The average Bonchev–Trinajstić information content (AvgIpc) is 2.24. The summed E-state index contributed by atoms with van der Waals surface area (Å²) in [7, 11) is -3.85. The molecule has 8 nitrogen and oxygen atoms in total. The summed E-state index contributed by atoms with van der Waals surface area (Å²) in [6.45, 7) is 6.60. The highest BCUT2D eigenvalue weighted by molar-refractivity contribution is 7.89. The molecule has 0 amide bonds. The predicted molar refractivity (Wildman–Crippen MR) is 75.7 cm³/mol. The number of nitrogens with zero attached hydrogens (tertiary/aromatic N) is 1. The maximum absolute atomic E-state index is 12.3. The third-order valence-electron chi connectivity index (χ3n) is 2.38. The highest BCUT2D eigenvalue weighted by atomic mass is 32.2. The topological polar surface area (TPSA) is 127 Å². The van der Waals surface area contributed by atoms with E-state index < -0.39 is 26.2 Å². The largest absolute Gasteiger partial charge is 0.318 e. The summed E-state index contributed by atoms with van der Waals surface area (Å²) in [4.78, 5) is 10.1. The van der Waals surface area contributed by atoms with Crippen LogP contribution in [0.3, 0.4) is 0 Å². The maximum Gasteiger partial charge on any atom is 0.295 e. The van der Waals surface area contributed by atoms with E-state index in [0.29, 0.717) is 5.56 Å². The van der Waals surface area contributed by atoms with Gasteiger partial charge in [0.15, 0.2) is 0 Å². The summed E-state index contributed by atoms with van der Waals surface area (Å²) in [5.74, 6) is 5.20. The Morgan fingerprint density at radius 3 is 2.25 bits per heavy atom. The van der Waals surface area contributed by atoms with Crippen molar-refractivity contribution in [1.29, 1.82) is 0 Å². The molecule has 1 aromatic carbocycles. The number of nitrogen functional groups attached to an aromatic ring is 1. The molecule has 20 heavy (non-hydrogen) atoms. The van der Waals surface area contributed by atoms with Crippen molar-refractivity contribution >= 4 is 21.4 Å². The molecule has 4 N–H and O–H groups in total. The van der Waals surface area contributed by atoms with Gasteiger partial charge in [0.1, 0.15) is 5.69 Å². The van der Waals surface area contributed by atoms with Crippen molar-refractivity contribution in [1.82, 2.24) is 4.72 Å². The number of nitro groups is 1. The van der Waals surface area contributed by atoms with Crippen LogP contribution in [0.1, 0.15) is 26.3 Å². The molecule has 0 fully saturated rings. The normalized spacial score (nSPS) is 12.2. The number of hydrogen-bond donors (Lipinski definition) is 3. The SMILES string of the molecule is Cc1cc(NN)c([N+](=O)[O-])cc1S(=O)(=O)NC(C)(C)C. The highest BCUT2D eigenvalue weighted by Gasteiger charge is 2.27. The van der Waals surface area contributed by atoms with Gasteiger partial charge in [0.05, 0.1) is 9.82 Å². The Hall–Kier alpha value is -1.71. The number of nitrogens with two attached hydrogens (primary N) is 1. The number of nitrogens with one attached hydrogen (secondary N) is 2. The fraction of sp³-hybridized carbons (Fsp3) is 0.455. The first-order valence-electron chi connectivity index (χ1n) is 5.77. The molecular weight excluding hydrogens is 284 g/mol. The van der Waals surface area contributed by atoms with Crippen molar-refractivity contribution in [2.75, 3.05) is 5.43 Å². The van der Waals surface area contributed by atoms with Gasteiger partial charge in [-0.25, -0.2) is 13.1 Å². The van der Waals surface area contributed by atoms with E-state index in [2.05, 4.69) is 10.1 Å².